The quantitative estimate of drug-likeness (QED) is 0.707. The van der Waals surface area contributed by atoms with Gasteiger partial charge in [-0.25, -0.2) is 4.79 Å². The Morgan fingerprint density at radius 2 is 1.81 bits per heavy atom. The van der Waals surface area contributed by atoms with Crippen LogP contribution in [0, 0.1) is 5.92 Å². The van der Waals surface area contributed by atoms with E-state index in [1.54, 1.807) is 0 Å². The molecule has 148 valence electrons. The molecule has 0 bridgehead atoms. The van der Waals surface area contributed by atoms with Gasteiger partial charge in [0.1, 0.15) is 17.8 Å². The van der Waals surface area contributed by atoms with E-state index in [-0.39, 0.29) is 17.7 Å². The third-order valence-electron chi connectivity index (χ3n) is 4.62. The van der Waals surface area contributed by atoms with Crippen molar-refractivity contribution in [3.05, 3.63) is 29.8 Å². The molecule has 9 heteroatoms. The van der Waals surface area contributed by atoms with Gasteiger partial charge in [-0.1, -0.05) is 26.0 Å². The highest BCUT2D eigenvalue weighted by molar-refractivity contribution is 6.09. The highest BCUT2D eigenvalue weighted by Crippen LogP contribution is 2.30. The summed E-state index contributed by atoms with van der Waals surface area (Å²) in [6.45, 7) is 3.85. The zero-order valence-corrected chi connectivity index (χ0v) is 15.6. The minimum absolute atomic E-state index is 0.0620. The lowest BCUT2D eigenvalue weighted by atomic mass is 9.92. The van der Waals surface area contributed by atoms with Crippen LogP contribution in [0.2, 0.25) is 0 Å². The maximum absolute atomic E-state index is 12.8. The van der Waals surface area contributed by atoms with Gasteiger partial charge in [0.15, 0.2) is 0 Å². The van der Waals surface area contributed by atoms with E-state index in [9.17, 15) is 23.2 Å². The molecular weight excluding hydrogens is 360 g/mol. The van der Waals surface area contributed by atoms with E-state index in [1.165, 1.54) is 31.2 Å². The summed E-state index contributed by atoms with van der Waals surface area (Å²) in [6.07, 6.45) is 0. The maximum atomic E-state index is 12.8. The highest BCUT2D eigenvalue weighted by Gasteiger charge is 2.49. The van der Waals surface area contributed by atoms with E-state index in [4.69, 9.17) is 0 Å². The van der Waals surface area contributed by atoms with Gasteiger partial charge in [-0.15, -0.1) is 0 Å². The molecule has 2 rings (SSSR count). The fourth-order valence-corrected chi connectivity index (χ4v) is 2.62. The molecule has 7 nitrogen and oxygen atoms in total. The van der Waals surface area contributed by atoms with Gasteiger partial charge in [-0.3, -0.25) is 14.5 Å². The van der Waals surface area contributed by atoms with E-state index in [2.05, 4.69) is 15.4 Å². The zero-order valence-electron chi connectivity index (χ0n) is 15.6. The van der Waals surface area contributed by atoms with Crippen LogP contribution in [0.3, 0.4) is 0 Å². The minimum atomic E-state index is -2.96. The average molecular weight is 383 g/mol. The molecule has 2 N–H and O–H groups in total. The van der Waals surface area contributed by atoms with Crippen LogP contribution in [-0.2, 0) is 15.1 Å². The second kappa shape index (κ2) is 7.89. The van der Waals surface area contributed by atoms with Gasteiger partial charge in [-0.05, 0) is 37.5 Å². The van der Waals surface area contributed by atoms with E-state index in [0.717, 1.165) is 4.90 Å². The van der Waals surface area contributed by atoms with E-state index >= 15 is 0 Å². The fourth-order valence-electron chi connectivity index (χ4n) is 2.62. The van der Waals surface area contributed by atoms with Gasteiger partial charge in [-0.2, -0.15) is 8.78 Å². The number of carbonyl (C=O) groups excluding carboxylic acids is 3. The Hall–Kier alpha value is -2.71. The van der Waals surface area contributed by atoms with Gasteiger partial charge in [0, 0.05) is 6.04 Å². The third-order valence-corrected chi connectivity index (χ3v) is 4.62. The molecule has 1 aromatic carbocycles. The summed E-state index contributed by atoms with van der Waals surface area (Å²) in [5.41, 5.74) is -1.01. The summed E-state index contributed by atoms with van der Waals surface area (Å²) < 4.78 is 28.8. The zero-order chi connectivity index (χ0) is 20.4. The Balaban J connectivity index is 2.12. The number of urea groups is 1. The Morgan fingerprint density at radius 3 is 2.33 bits per heavy atom. The lowest BCUT2D eigenvalue weighted by molar-refractivity contribution is -0.135. The Morgan fingerprint density at radius 1 is 1.22 bits per heavy atom. The summed E-state index contributed by atoms with van der Waals surface area (Å²) >= 11 is 0. The number of amides is 4. The second-order valence-electron chi connectivity index (χ2n) is 6.95. The molecule has 4 amide bonds. The lowest BCUT2D eigenvalue weighted by Gasteiger charge is -2.23. The second-order valence-corrected chi connectivity index (χ2v) is 6.95. The number of alkyl halides is 2. The van der Waals surface area contributed by atoms with Crippen LogP contribution in [-0.4, -0.2) is 41.9 Å². The highest BCUT2D eigenvalue weighted by atomic mass is 19.3. The van der Waals surface area contributed by atoms with Crippen LogP contribution >= 0.6 is 0 Å². The Kier molecular flexibility index (Phi) is 6.02. The number of nitrogens with one attached hydrogen (secondary N) is 2. The van der Waals surface area contributed by atoms with Crippen molar-refractivity contribution in [2.24, 2.45) is 5.92 Å². The molecule has 0 spiro atoms. The SMILES string of the molecule is CC(C)[C@@H](C)NC(=O)CN1C(=O)N[C@](C)(c2ccc(OC(F)F)cc2)C1=O. The number of carbonyl (C=O) groups is 3. The first-order valence-electron chi connectivity index (χ1n) is 8.53. The molecule has 1 heterocycles. The molecular formula is C18H23F2N3O4. The van der Waals surface area contributed by atoms with Crippen molar-refractivity contribution >= 4 is 17.8 Å². The maximum Gasteiger partial charge on any atom is 0.387 e. The van der Waals surface area contributed by atoms with Crippen molar-refractivity contribution in [2.45, 2.75) is 45.9 Å². The van der Waals surface area contributed by atoms with Gasteiger partial charge < -0.3 is 15.4 Å². The predicted octanol–water partition coefficient (Wildman–Crippen LogP) is 2.22. The van der Waals surface area contributed by atoms with Crippen LogP contribution < -0.4 is 15.4 Å². The summed E-state index contributed by atoms with van der Waals surface area (Å²) in [6, 6.07) is 4.60. The topological polar surface area (TPSA) is 87.7 Å². The number of hydrogen-bond acceptors (Lipinski definition) is 4. The standard InChI is InChI=1S/C18H23F2N3O4/c1-10(2)11(3)21-14(24)9-23-15(25)18(4,22-17(23)26)12-5-7-13(8-6-12)27-16(19)20/h5-8,10-11,16H,9H2,1-4H3,(H,21,24)(H,22,26)/t11-,18-/m1/s1. The molecule has 1 saturated heterocycles. The number of rotatable bonds is 7. The number of hydrogen-bond donors (Lipinski definition) is 2. The summed E-state index contributed by atoms with van der Waals surface area (Å²) in [5, 5.41) is 5.30. The van der Waals surface area contributed by atoms with Crippen molar-refractivity contribution in [2.75, 3.05) is 6.54 Å². The number of halogens is 2. The number of nitrogens with zero attached hydrogens (tertiary/aromatic N) is 1. The minimum Gasteiger partial charge on any atom is -0.435 e. The van der Waals surface area contributed by atoms with Crippen molar-refractivity contribution in [3.8, 4) is 5.75 Å². The van der Waals surface area contributed by atoms with Crippen LogP contribution in [0.5, 0.6) is 5.75 Å². The first kappa shape index (κ1) is 20.6. The van der Waals surface area contributed by atoms with E-state index < -0.39 is 36.5 Å². The number of imide groups is 1. The molecule has 0 saturated carbocycles. The van der Waals surface area contributed by atoms with Gasteiger partial charge in [0.05, 0.1) is 0 Å². The first-order valence-corrected chi connectivity index (χ1v) is 8.53. The molecule has 1 aromatic rings. The van der Waals surface area contributed by atoms with Crippen LogP contribution in [0.4, 0.5) is 13.6 Å². The summed E-state index contributed by atoms with van der Waals surface area (Å²) in [5.74, 6) is -0.892. The normalized spacial score (nSPS) is 20.8. The van der Waals surface area contributed by atoms with E-state index in [0.29, 0.717) is 5.56 Å². The molecule has 0 radical (unpaired) electrons. The number of benzene rings is 1. The molecule has 0 aromatic heterocycles. The summed E-state index contributed by atoms with van der Waals surface area (Å²) in [7, 11) is 0. The van der Waals surface area contributed by atoms with Crippen LogP contribution in [0.25, 0.3) is 0 Å². The van der Waals surface area contributed by atoms with Crippen molar-refractivity contribution in [1.82, 2.24) is 15.5 Å². The molecule has 0 unspecified atom stereocenters. The average Bonchev–Trinajstić information content (AvgIpc) is 2.79. The molecule has 1 aliphatic rings. The van der Waals surface area contributed by atoms with Gasteiger partial charge in [0.2, 0.25) is 5.91 Å². The molecule has 2 atom stereocenters. The predicted molar refractivity (Wildman–Crippen MR) is 93.1 cm³/mol. The van der Waals surface area contributed by atoms with E-state index in [1.807, 2.05) is 20.8 Å². The monoisotopic (exact) mass is 383 g/mol. The van der Waals surface area contributed by atoms with Crippen LogP contribution in [0.15, 0.2) is 24.3 Å². The molecule has 1 aliphatic heterocycles. The fraction of sp³-hybridized carbons (Fsp3) is 0.500. The third kappa shape index (κ3) is 4.53. The number of ether oxygens (including phenoxy) is 1. The summed E-state index contributed by atoms with van der Waals surface area (Å²) in [4.78, 5) is 38.0. The van der Waals surface area contributed by atoms with Crippen molar-refractivity contribution in [3.63, 3.8) is 0 Å². The van der Waals surface area contributed by atoms with Crippen molar-refractivity contribution in [1.29, 1.82) is 0 Å². The largest absolute Gasteiger partial charge is 0.435 e. The first-order chi connectivity index (χ1) is 12.5. The van der Waals surface area contributed by atoms with Gasteiger partial charge >= 0.3 is 12.6 Å². The smallest absolute Gasteiger partial charge is 0.387 e. The van der Waals surface area contributed by atoms with Crippen molar-refractivity contribution < 1.29 is 27.9 Å². The molecule has 27 heavy (non-hydrogen) atoms. The van der Waals surface area contributed by atoms with Gasteiger partial charge in [0.25, 0.3) is 5.91 Å². The van der Waals surface area contributed by atoms with Crippen LogP contribution in [0.1, 0.15) is 33.3 Å². The molecule has 0 aliphatic carbocycles. The Labute approximate surface area is 156 Å². The molecule has 1 fully saturated rings. The Bertz CT molecular complexity index is 724. The lowest BCUT2D eigenvalue weighted by Crippen LogP contribution is -2.45.